The molecule has 0 saturated carbocycles. The fourth-order valence-electron chi connectivity index (χ4n) is 1.43. The molecule has 1 rings (SSSR count). The number of rotatable bonds is 5. The van der Waals surface area contributed by atoms with E-state index in [1.165, 1.54) is 13.2 Å². The average Bonchev–Trinajstić information content (AvgIpc) is 2.42. The van der Waals surface area contributed by atoms with Gasteiger partial charge in [-0.25, -0.2) is 9.78 Å². The summed E-state index contributed by atoms with van der Waals surface area (Å²) in [4.78, 5) is 27.2. The maximum Gasteiger partial charge on any atom is 0.330 e. The molecular formula is C12H15ClN2O4. The Morgan fingerprint density at radius 1 is 1.53 bits per heavy atom. The molecule has 0 aliphatic carbocycles. The highest BCUT2D eigenvalue weighted by Gasteiger charge is 2.21. The van der Waals surface area contributed by atoms with Gasteiger partial charge in [0.15, 0.2) is 6.04 Å². The fraction of sp³-hybridized carbons (Fsp3) is 0.417. The van der Waals surface area contributed by atoms with E-state index in [0.29, 0.717) is 12.1 Å². The third-order valence-corrected chi connectivity index (χ3v) is 2.64. The number of carbonyl (C=O) groups excluding carboxylic acids is 2. The Kier molecular flexibility index (Phi) is 5.72. The van der Waals surface area contributed by atoms with Gasteiger partial charge in [-0.05, 0) is 18.6 Å². The molecule has 0 aliphatic rings. The van der Waals surface area contributed by atoms with Gasteiger partial charge in [0, 0.05) is 11.3 Å². The van der Waals surface area contributed by atoms with Gasteiger partial charge in [0.05, 0.1) is 13.7 Å². The van der Waals surface area contributed by atoms with Crippen molar-refractivity contribution >= 4 is 23.5 Å². The highest BCUT2D eigenvalue weighted by molar-refractivity contribution is 6.29. The molecule has 0 bridgehead atoms. The van der Waals surface area contributed by atoms with E-state index in [9.17, 15) is 9.59 Å². The first-order valence-corrected chi connectivity index (χ1v) is 6.05. The van der Waals surface area contributed by atoms with Crippen molar-refractivity contribution in [2.75, 3.05) is 13.7 Å². The van der Waals surface area contributed by atoms with Gasteiger partial charge in [-0.2, -0.15) is 0 Å². The van der Waals surface area contributed by atoms with Crippen molar-refractivity contribution in [2.24, 2.45) is 0 Å². The Balaban J connectivity index is 2.88. The van der Waals surface area contributed by atoms with E-state index in [2.05, 4.69) is 15.0 Å². The molecule has 2 N–H and O–H groups in total. The highest BCUT2D eigenvalue weighted by Crippen LogP contribution is 2.11. The second kappa shape index (κ2) is 7.06. The lowest BCUT2D eigenvalue weighted by atomic mass is 10.2. The smallest absolute Gasteiger partial charge is 0.330 e. The average molecular weight is 287 g/mol. The predicted molar refractivity (Wildman–Crippen MR) is 69.0 cm³/mol. The number of carbonyl (C=O) groups is 2. The van der Waals surface area contributed by atoms with Gasteiger partial charge in [0.1, 0.15) is 5.15 Å². The number of halogens is 1. The van der Waals surface area contributed by atoms with Crippen molar-refractivity contribution in [3.8, 4) is 0 Å². The topological polar surface area (TPSA) is 88.5 Å². The van der Waals surface area contributed by atoms with Gasteiger partial charge in [-0.3, -0.25) is 4.79 Å². The van der Waals surface area contributed by atoms with Gasteiger partial charge >= 0.3 is 5.97 Å². The number of hydrogen-bond donors (Lipinski definition) is 2. The largest absolute Gasteiger partial charge is 0.467 e. The van der Waals surface area contributed by atoms with Crippen LogP contribution in [0.1, 0.15) is 23.0 Å². The molecule has 0 aliphatic heterocycles. The maximum absolute atomic E-state index is 11.9. The van der Waals surface area contributed by atoms with E-state index in [4.69, 9.17) is 16.7 Å². The number of aliphatic hydroxyl groups excluding tert-OH is 1. The monoisotopic (exact) mass is 286 g/mol. The lowest BCUT2D eigenvalue weighted by Crippen LogP contribution is -2.44. The fourth-order valence-corrected chi connectivity index (χ4v) is 1.65. The van der Waals surface area contributed by atoms with Gasteiger partial charge in [-0.15, -0.1) is 0 Å². The number of amides is 1. The number of aromatic nitrogens is 1. The summed E-state index contributed by atoms with van der Waals surface area (Å²) in [6.45, 7) is 1.34. The second-order valence-corrected chi connectivity index (χ2v) is 4.14. The molecule has 104 valence electrons. The quantitative estimate of drug-likeness (QED) is 0.610. The summed E-state index contributed by atoms with van der Waals surface area (Å²) in [7, 11) is 1.18. The van der Waals surface area contributed by atoms with E-state index in [0.717, 1.165) is 0 Å². The molecule has 7 heteroatoms. The Morgan fingerprint density at radius 3 is 2.74 bits per heavy atom. The molecule has 1 atom stereocenters. The molecule has 0 unspecified atom stereocenters. The van der Waals surface area contributed by atoms with Crippen molar-refractivity contribution < 1.29 is 19.4 Å². The number of methoxy groups -OCH3 is 1. The van der Waals surface area contributed by atoms with Crippen LogP contribution in [0.3, 0.4) is 0 Å². The first-order valence-electron chi connectivity index (χ1n) is 5.67. The molecule has 0 saturated heterocycles. The minimum Gasteiger partial charge on any atom is -0.467 e. The number of esters is 1. The Labute approximate surface area is 115 Å². The Morgan fingerprint density at radius 2 is 2.21 bits per heavy atom. The SMILES string of the molecule is CCc1cc(C(=O)N[C@@H](CO)C(=O)OC)cc(Cl)n1. The van der Waals surface area contributed by atoms with Crippen LogP contribution in [0.4, 0.5) is 0 Å². The normalized spacial score (nSPS) is 11.8. The first kappa shape index (κ1) is 15.4. The van der Waals surface area contributed by atoms with E-state index < -0.39 is 24.5 Å². The molecule has 1 heterocycles. The zero-order valence-corrected chi connectivity index (χ0v) is 11.4. The summed E-state index contributed by atoms with van der Waals surface area (Å²) in [6.07, 6.45) is 0.626. The molecule has 1 aromatic heterocycles. The van der Waals surface area contributed by atoms with Gasteiger partial charge < -0.3 is 15.2 Å². The van der Waals surface area contributed by atoms with E-state index in [-0.39, 0.29) is 10.7 Å². The zero-order chi connectivity index (χ0) is 14.4. The maximum atomic E-state index is 11.9. The van der Waals surface area contributed by atoms with Crippen LogP contribution in [0.15, 0.2) is 12.1 Å². The Hall–Kier alpha value is -1.66. The number of pyridine rings is 1. The number of nitrogens with zero attached hydrogens (tertiary/aromatic N) is 1. The van der Waals surface area contributed by atoms with Crippen LogP contribution < -0.4 is 5.32 Å². The molecule has 0 aromatic carbocycles. The zero-order valence-electron chi connectivity index (χ0n) is 10.6. The summed E-state index contributed by atoms with van der Waals surface area (Å²) in [6, 6.07) is 1.86. The van der Waals surface area contributed by atoms with Gasteiger partial charge in [0.25, 0.3) is 5.91 Å². The number of aliphatic hydroxyl groups is 1. The van der Waals surface area contributed by atoms with Crippen LogP contribution in [0.25, 0.3) is 0 Å². The van der Waals surface area contributed by atoms with E-state index in [1.807, 2.05) is 6.92 Å². The molecule has 0 fully saturated rings. The van der Waals surface area contributed by atoms with Crippen molar-refractivity contribution in [1.29, 1.82) is 0 Å². The van der Waals surface area contributed by atoms with E-state index >= 15 is 0 Å². The van der Waals surface area contributed by atoms with Gasteiger partial charge in [-0.1, -0.05) is 18.5 Å². The minimum atomic E-state index is -1.10. The standard InChI is InChI=1S/C12H15ClN2O4/c1-3-8-4-7(5-10(13)14-8)11(17)15-9(6-16)12(18)19-2/h4-5,9,16H,3,6H2,1-2H3,(H,15,17)/t9-/m0/s1. The van der Waals surface area contributed by atoms with E-state index in [1.54, 1.807) is 6.07 Å². The summed E-state index contributed by atoms with van der Waals surface area (Å²) >= 11 is 5.80. The molecule has 0 spiro atoms. The van der Waals surface area contributed by atoms with Crippen LogP contribution in [0.2, 0.25) is 5.15 Å². The van der Waals surface area contributed by atoms with Crippen LogP contribution in [0.5, 0.6) is 0 Å². The number of hydrogen-bond acceptors (Lipinski definition) is 5. The summed E-state index contributed by atoms with van der Waals surface area (Å²) in [5, 5.41) is 11.6. The van der Waals surface area contributed by atoms with Crippen LogP contribution >= 0.6 is 11.6 Å². The molecule has 6 nitrogen and oxygen atoms in total. The molecule has 0 radical (unpaired) electrons. The van der Waals surface area contributed by atoms with Crippen LogP contribution in [-0.2, 0) is 16.0 Å². The molecule has 1 aromatic rings. The molecular weight excluding hydrogens is 272 g/mol. The first-order chi connectivity index (χ1) is 9.01. The third-order valence-electron chi connectivity index (χ3n) is 2.45. The van der Waals surface area contributed by atoms with Crippen molar-refractivity contribution in [3.05, 3.63) is 28.5 Å². The minimum absolute atomic E-state index is 0.197. The molecule has 1 amide bonds. The van der Waals surface area contributed by atoms with Gasteiger partial charge in [0.2, 0.25) is 0 Å². The van der Waals surface area contributed by atoms with Crippen molar-refractivity contribution in [3.63, 3.8) is 0 Å². The predicted octanol–water partition coefficient (Wildman–Crippen LogP) is 0.561. The lowest BCUT2D eigenvalue weighted by molar-refractivity contribution is -0.143. The second-order valence-electron chi connectivity index (χ2n) is 3.76. The molecule has 19 heavy (non-hydrogen) atoms. The summed E-state index contributed by atoms with van der Waals surface area (Å²) < 4.78 is 4.46. The number of nitrogens with one attached hydrogen (secondary N) is 1. The van der Waals surface area contributed by atoms with Crippen molar-refractivity contribution in [2.45, 2.75) is 19.4 Å². The number of ether oxygens (including phenoxy) is 1. The summed E-state index contributed by atoms with van der Waals surface area (Å²) in [5.74, 6) is -1.24. The third kappa shape index (κ3) is 4.18. The lowest BCUT2D eigenvalue weighted by Gasteiger charge is -2.14. The highest BCUT2D eigenvalue weighted by atomic mass is 35.5. The Bertz CT molecular complexity index is 479. The van der Waals surface area contributed by atoms with Crippen LogP contribution in [0, 0.1) is 0 Å². The number of aryl methyl sites for hydroxylation is 1. The van der Waals surface area contributed by atoms with Crippen molar-refractivity contribution in [1.82, 2.24) is 10.3 Å². The summed E-state index contributed by atoms with van der Waals surface area (Å²) in [5.41, 5.74) is 0.940. The van der Waals surface area contributed by atoms with Crippen LogP contribution in [-0.4, -0.2) is 41.7 Å².